The Morgan fingerprint density at radius 2 is 2.00 bits per heavy atom. The quantitative estimate of drug-likeness (QED) is 0.644. The first-order valence-corrected chi connectivity index (χ1v) is 9.55. The number of carbonyl (C=O) groups excluding carboxylic acids is 1. The Balaban J connectivity index is 1.80. The molecule has 132 valence electrons. The SMILES string of the molecule is COc1ccc(Cl)cc1CN(C)C(=O)c1cc2sc(N(C)C)nc2s1. The summed E-state index contributed by atoms with van der Waals surface area (Å²) in [4.78, 5) is 22.5. The molecule has 3 rings (SSSR count). The Morgan fingerprint density at radius 3 is 2.64 bits per heavy atom. The molecule has 2 heterocycles. The van der Waals surface area contributed by atoms with E-state index in [1.165, 1.54) is 11.3 Å². The van der Waals surface area contributed by atoms with Crippen molar-refractivity contribution in [2.24, 2.45) is 0 Å². The number of methoxy groups -OCH3 is 1. The topological polar surface area (TPSA) is 45.7 Å². The van der Waals surface area contributed by atoms with Crippen LogP contribution >= 0.6 is 34.3 Å². The van der Waals surface area contributed by atoms with Crippen LogP contribution in [0, 0.1) is 0 Å². The standard InChI is InChI=1S/C17H18ClN3O2S2/c1-20(2)17-19-15-13(25-17)8-14(24-15)16(22)21(3)9-10-7-11(18)5-6-12(10)23-4/h5-8H,9H2,1-4H3. The number of aromatic nitrogens is 1. The Labute approximate surface area is 159 Å². The predicted molar refractivity (Wildman–Crippen MR) is 106 cm³/mol. The van der Waals surface area contributed by atoms with E-state index in [1.807, 2.05) is 37.2 Å². The molecule has 0 aliphatic carbocycles. The molecule has 2 aromatic heterocycles. The van der Waals surface area contributed by atoms with E-state index in [4.69, 9.17) is 16.3 Å². The van der Waals surface area contributed by atoms with E-state index in [1.54, 1.807) is 36.5 Å². The summed E-state index contributed by atoms with van der Waals surface area (Å²) in [6, 6.07) is 7.32. The summed E-state index contributed by atoms with van der Waals surface area (Å²) >= 11 is 9.07. The van der Waals surface area contributed by atoms with E-state index >= 15 is 0 Å². The third kappa shape index (κ3) is 3.73. The van der Waals surface area contributed by atoms with Gasteiger partial charge < -0.3 is 14.5 Å². The van der Waals surface area contributed by atoms with Gasteiger partial charge in [-0.1, -0.05) is 22.9 Å². The van der Waals surface area contributed by atoms with Gasteiger partial charge in [0.05, 0.1) is 16.7 Å². The normalized spacial score (nSPS) is 10.9. The summed E-state index contributed by atoms with van der Waals surface area (Å²) in [6.07, 6.45) is 0. The van der Waals surface area contributed by atoms with E-state index in [0.29, 0.717) is 22.2 Å². The van der Waals surface area contributed by atoms with Crippen LogP contribution in [-0.4, -0.2) is 44.0 Å². The molecular formula is C17H18ClN3O2S2. The number of thiazole rings is 1. The molecule has 0 fully saturated rings. The van der Waals surface area contributed by atoms with Crippen molar-refractivity contribution in [3.05, 3.63) is 39.7 Å². The first-order valence-electron chi connectivity index (χ1n) is 7.54. The van der Waals surface area contributed by atoms with Gasteiger partial charge in [-0.2, -0.15) is 0 Å². The lowest BCUT2D eigenvalue weighted by molar-refractivity contribution is 0.0789. The smallest absolute Gasteiger partial charge is 0.264 e. The van der Waals surface area contributed by atoms with Crippen LogP contribution in [0.4, 0.5) is 5.13 Å². The summed E-state index contributed by atoms with van der Waals surface area (Å²) < 4.78 is 6.38. The second-order valence-corrected chi connectivity index (χ2v) is 8.26. The zero-order chi connectivity index (χ0) is 18.1. The van der Waals surface area contributed by atoms with E-state index in [0.717, 1.165) is 20.2 Å². The van der Waals surface area contributed by atoms with Crippen LogP contribution in [0.25, 0.3) is 9.53 Å². The lowest BCUT2D eigenvalue weighted by atomic mass is 10.2. The van der Waals surface area contributed by atoms with Crippen molar-refractivity contribution in [2.45, 2.75) is 6.54 Å². The van der Waals surface area contributed by atoms with Gasteiger partial charge in [0.15, 0.2) is 5.13 Å². The molecule has 0 N–H and O–H groups in total. The number of ether oxygens (including phenoxy) is 1. The van der Waals surface area contributed by atoms with Gasteiger partial charge in [-0.05, 0) is 24.3 Å². The maximum atomic E-state index is 12.7. The van der Waals surface area contributed by atoms with Gasteiger partial charge in [-0.15, -0.1) is 11.3 Å². The Morgan fingerprint density at radius 1 is 1.24 bits per heavy atom. The largest absolute Gasteiger partial charge is 0.496 e. The molecule has 0 saturated carbocycles. The zero-order valence-electron chi connectivity index (χ0n) is 14.4. The number of rotatable bonds is 5. The van der Waals surface area contributed by atoms with E-state index in [2.05, 4.69) is 4.98 Å². The highest BCUT2D eigenvalue weighted by molar-refractivity contribution is 7.29. The number of carbonyl (C=O) groups is 1. The molecule has 5 nitrogen and oxygen atoms in total. The lowest BCUT2D eigenvalue weighted by Gasteiger charge is -2.18. The van der Waals surface area contributed by atoms with Gasteiger partial charge in [0, 0.05) is 38.3 Å². The molecule has 0 spiro atoms. The summed E-state index contributed by atoms with van der Waals surface area (Å²) in [5.74, 6) is 0.678. The van der Waals surface area contributed by atoms with Gasteiger partial charge in [-0.25, -0.2) is 4.98 Å². The molecule has 0 aliphatic rings. The number of hydrogen-bond acceptors (Lipinski definition) is 6. The third-order valence-electron chi connectivity index (χ3n) is 3.67. The summed E-state index contributed by atoms with van der Waals surface area (Å²) in [6.45, 7) is 0.421. The van der Waals surface area contributed by atoms with Crippen molar-refractivity contribution in [1.82, 2.24) is 9.88 Å². The summed E-state index contributed by atoms with van der Waals surface area (Å²) in [7, 11) is 7.30. The average Bonchev–Trinajstić information content (AvgIpc) is 3.13. The number of nitrogens with zero attached hydrogens (tertiary/aromatic N) is 3. The molecule has 0 saturated heterocycles. The first-order chi connectivity index (χ1) is 11.9. The average molecular weight is 396 g/mol. The molecule has 0 atom stereocenters. The minimum atomic E-state index is -0.0383. The van der Waals surface area contributed by atoms with E-state index in [9.17, 15) is 4.79 Å². The van der Waals surface area contributed by atoms with Gasteiger partial charge in [0.2, 0.25) is 0 Å². The van der Waals surface area contributed by atoms with Crippen LogP contribution in [0.1, 0.15) is 15.2 Å². The number of thiophene rings is 1. The van der Waals surface area contributed by atoms with Crippen LogP contribution in [0.5, 0.6) is 5.75 Å². The van der Waals surface area contributed by atoms with Crippen molar-refractivity contribution in [2.75, 3.05) is 33.2 Å². The van der Waals surface area contributed by atoms with Crippen LogP contribution in [0.15, 0.2) is 24.3 Å². The first kappa shape index (κ1) is 18.0. The fourth-order valence-electron chi connectivity index (χ4n) is 2.41. The minimum absolute atomic E-state index is 0.0383. The van der Waals surface area contributed by atoms with Gasteiger partial charge in [-0.3, -0.25) is 4.79 Å². The fraction of sp³-hybridized carbons (Fsp3) is 0.294. The monoisotopic (exact) mass is 395 g/mol. The van der Waals surface area contributed by atoms with Crippen LogP contribution in [0.3, 0.4) is 0 Å². The van der Waals surface area contributed by atoms with Crippen LogP contribution in [-0.2, 0) is 6.54 Å². The third-order valence-corrected chi connectivity index (χ3v) is 6.22. The van der Waals surface area contributed by atoms with Crippen molar-refractivity contribution in [1.29, 1.82) is 0 Å². The number of fused-ring (bicyclic) bond motifs is 1. The predicted octanol–water partition coefficient (Wildman–Crippen LogP) is 4.36. The Hall–Kier alpha value is -1.83. The molecule has 0 unspecified atom stereocenters. The summed E-state index contributed by atoms with van der Waals surface area (Å²) in [5.41, 5.74) is 0.872. The molecule has 3 aromatic rings. The number of halogens is 1. The highest BCUT2D eigenvalue weighted by Gasteiger charge is 2.19. The molecule has 1 amide bonds. The second-order valence-electron chi connectivity index (χ2n) is 5.79. The maximum Gasteiger partial charge on any atom is 0.264 e. The Kier molecular flexibility index (Phi) is 5.17. The highest BCUT2D eigenvalue weighted by Crippen LogP contribution is 2.34. The molecule has 8 heteroatoms. The number of anilines is 1. The fourth-order valence-corrected chi connectivity index (χ4v) is 4.73. The highest BCUT2D eigenvalue weighted by atomic mass is 35.5. The maximum absolute atomic E-state index is 12.7. The number of amides is 1. The van der Waals surface area contributed by atoms with Crippen LogP contribution in [0.2, 0.25) is 5.02 Å². The van der Waals surface area contributed by atoms with Crippen molar-refractivity contribution >= 4 is 54.8 Å². The molecule has 25 heavy (non-hydrogen) atoms. The van der Waals surface area contributed by atoms with E-state index < -0.39 is 0 Å². The number of hydrogen-bond donors (Lipinski definition) is 0. The minimum Gasteiger partial charge on any atom is -0.496 e. The van der Waals surface area contributed by atoms with Gasteiger partial charge in [0.1, 0.15) is 10.6 Å². The summed E-state index contributed by atoms with van der Waals surface area (Å²) in [5, 5.41) is 1.56. The zero-order valence-corrected chi connectivity index (χ0v) is 16.8. The van der Waals surface area contributed by atoms with Crippen molar-refractivity contribution in [3.63, 3.8) is 0 Å². The van der Waals surface area contributed by atoms with Gasteiger partial charge >= 0.3 is 0 Å². The van der Waals surface area contributed by atoms with E-state index in [-0.39, 0.29) is 5.91 Å². The Bertz CT molecular complexity index is 888. The lowest BCUT2D eigenvalue weighted by Crippen LogP contribution is -2.25. The second kappa shape index (κ2) is 7.19. The van der Waals surface area contributed by atoms with Gasteiger partial charge in [0.25, 0.3) is 5.91 Å². The molecule has 0 radical (unpaired) electrons. The number of benzene rings is 1. The van der Waals surface area contributed by atoms with Crippen molar-refractivity contribution in [3.8, 4) is 5.75 Å². The molecular weight excluding hydrogens is 378 g/mol. The molecule has 0 bridgehead atoms. The molecule has 0 aliphatic heterocycles. The van der Waals surface area contributed by atoms with Crippen molar-refractivity contribution < 1.29 is 9.53 Å². The van der Waals surface area contributed by atoms with Crippen LogP contribution < -0.4 is 9.64 Å². The molecule has 1 aromatic carbocycles.